The van der Waals surface area contributed by atoms with Gasteiger partial charge in [0.25, 0.3) is 0 Å². The van der Waals surface area contributed by atoms with Crippen LogP contribution < -0.4 is 32.7 Å². The molecule has 0 aromatic heterocycles. The molecule has 13 heteroatoms. The van der Waals surface area contributed by atoms with Crippen molar-refractivity contribution in [2.45, 2.75) is 88.9 Å². The molecule has 13 nitrogen and oxygen atoms in total. The number of nitrogens with one attached hydrogen (secondary N) is 4. The molecule has 1 aliphatic heterocycles. The van der Waals surface area contributed by atoms with Crippen molar-refractivity contribution in [1.82, 2.24) is 26.2 Å². The average Bonchev–Trinajstić information content (AvgIpc) is 3.09. The summed E-state index contributed by atoms with van der Waals surface area (Å²) in [6, 6.07) is 16.4. The Balaban J connectivity index is 1.70. The van der Waals surface area contributed by atoms with Gasteiger partial charge in [0.2, 0.25) is 23.6 Å². The molecule has 2 aromatic carbocycles. The Hall–Kier alpha value is -4.33. The van der Waals surface area contributed by atoms with Crippen molar-refractivity contribution in [2.24, 2.45) is 17.4 Å². The van der Waals surface area contributed by atoms with Crippen molar-refractivity contribution in [3.05, 3.63) is 71.8 Å². The van der Waals surface area contributed by atoms with Crippen LogP contribution in [-0.2, 0) is 36.8 Å². The summed E-state index contributed by atoms with van der Waals surface area (Å²) in [5, 5.41) is 21.2. The van der Waals surface area contributed by atoms with E-state index in [-0.39, 0.29) is 56.6 Å². The maximum Gasteiger partial charge on any atom is 0.323 e. The van der Waals surface area contributed by atoms with Crippen LogP contribution in [0.3, 0.4) is 0 Å². The van der Waals surface area contributed by atoms with E-state index >= 15 is 0 Å². The van der Waals surface area contributed by atoms with E-state index in [4.69, 9.17) is 11.5 Å². The van der Waals surface area contributed by atoms with Gasteiger partial charge < -0.3 is 42.7 Å². The molecule has 1 aliphatic rings. The summed E-state index contributed by atoms with van der Waals surface area (Å²) in [6.07, 6.45) is 3.02. The molecule has 3 rings (SSSR count). The number of benzene rings is 2. The Morgan fingerprint density at radius 2 is 1.40 bits per heavy atom. The molecular weight excluding hydrogens is 638 g/mol. The third kappa shape index (κ3) is 13.2. The highest BCUT2D eigenvalue weighted by Gasteiger charge is 2.40. The lowest BCUT2D eigenvalue weighted by Gasteiger charge is -2.38. The summed E-state index contributed by atoms with van der Waals surface area (Å²) in [4.78, 5) is 67.4. The van der Waals surface area contributed by atoms with Crippen molar-refractivity contribution in [3.63, 3.8) is 0 Å². The Morgan fingerprint density at radius 3 is 1.98 bits per heavy atom. The Bertz CT molecular complexity index is 1380. The Kier molecular flexibility index (Phi) is 16.3. The number of hydrogen-bond acceptors (Lipinski definition) is 8. The number of carbonyl (C=O) groups excluding carboxylic acids is 4. The molecule has 0 spiro atoms. The number of piperidine rings is 1. The standard InChI is InChI=1S/C37H55N7O6/c1-26(2)23-30(33(46)42-29(15-9-10-19-38)35(48)44-21-17-37(39,18-22-44)36(49)50)43-34(47)31(24-28-13-7-4-8-14-28)41-32(45)25-40-20-16-27-11-5-3-6-12-27/h3-8,11-14,26,29-31,40H,9-10,15-25,38-39H2,1-2H3,(H,41,45)(H,42,46)(H,43,47)(H,49,50)/t29?,30-,31-/m1/s1. The van der Waals surface area contributed by atoms with Crippen molar-refractivity contribution < 1.29 is 29.1 Å². The third-order valence-corrected chi connectivity index (χ3v) is 8.95. The molecule has 0 aliphatic carbocycles. The predicted octanol–water partition coefficient (Wildman–Crippen LogP) is 1.10. The highest BCUT2D eigenvalue weighted by Crippen LogP contribution is 2.21. The van der Waals surface area contributed by atoms with E-state index < -0.39 is 41.4 Å². The highest BCUT2D eigenvalue weighted by molar-refractivity contribution is 5.94. The van der Waals surface area contributed by atoms with Gasteiger partial charge >= 0.3 is 5.97 Å². The molecule has 0 saturated carbocycles. The molecule has 4 amide bonds. The number of nitrogens with two attached hydrogens (primary N) is 2. The summed E-state index contributed by atoms with van der Waals surface area (Å²) in [5.41, 5.74) is 12.3. The molecule has 0 radical (unpaired) electrons. The first-order chi connectivity index (χ1) is 23.9. The fourth-order valence-corrected chi connectivity index (χ4v) is 5.94. The lowest BCUT2D eigenvalue weighted by molar-refractivity contribution is -0.148. The minimum Gasteiger partial charge on any atom is -0.480 e. The van der Waals surface area contributed by atoms with Crippen molar-refractivity contribution >= 4 is 29.6 Å². The van der Waals surface area contributed by atoms with Gasteiger partial charge in [0.05, 0.1) is 6.54 Å². The lowest BCUT2D eigenvalue weighted by Crippen LogP contribution is -2.60. The van der Waals surface area contributed by atoms with Crippen LogP contribution in [0, 0.1) is 5.92 Å². The predicted molar refractivity (Wildman–Crippen MR) is 192 cm³/mol. The minimum absolute atomic E-state index is 0.0160. The van der Waals surface area contributed by atoms with Crippen molar-refractivity contribution in [2.75, 3.05) is 32.7 Å². The van der Waals surface area contributed by atoms with Gasteiger partial charge in [-0.3, -0.25) is 24.0 Å². The number of carboxylic acids is 1. The van der Waals surface area contributed by atoms with E-state index in [1.54, 1.807) is 0 Å². The second kappa shape index (κ2) is 20.4. The van der Waals surface area contributed by atoms with Gasteiger partial charge in [-0.25, -0.2) is 0 Å². The summed E-state index contributed by atoms with van der Waals surface area (Å²) in [7, 11) is 0. The molecule has 1 saturated heterocycles. The van der Waals surface area contributed by atoms with Crippen LogP contribution in [0.4, 0.5) is 0 Å². The monoisotopic (exact) mass is 693 g/mol. The number of carboxylic acid groups (broad SMARTS) is 1. The van der Waals surface area contributed by atoms with Gasteiger partial charge in [-0.2, -0.15) is 0 Å². The smallest absolute Gasteiger partial charge is 0.323 e. The van der Waals surface area contributed by atoms with E-state index in [2.05, 4.69) is 21.3 Å². The molecule has 50 heavy (non-hydrogen) atoms. The summed E-state index contributed by atoms with van der Waals surface area (Å²) in [5.74, 6) is -2.79. The van der Waals surface area contributed by atoms with Crippen LogP contribution >= 0.6 is 0 Å². The molecular formula is C37H55N7O6. The molecule has 1 fully saturated rings. The summed E-state index contributed by atoms with van der Waals surface area (Å²) < 4.78 is 0. The number of amides is 4. The zero-order valence-electron chi connectivity index (χ0n) is 29.4. The second-order valence-electron chi connectivity index (χ2n) is 13.5. The topological polar surface area (TPSA) is 209 Å². The van der Waals surface area contributed by atoms with Gasteiger partial charge in [-0.1, -0.05) is 74.5 Å². The highest BCUT2D eigenvalue weighted by atomic mass is 16.4. The molecule has 1 heterocycles. The lowest BCUT2D eigenvalue weighted by atomic mass is 9.88. The number of hydrogen-bond donors (Lipinski definition) is 7. The number of rotatable bonds is 20. The zero-order valence-corrected chi connectivity index (χ0v) is 29.4. The fraction of sp³-hybridized carbons (Fsp3) is 0.541. The molecule has 1 unspecified atom stereocenters. The maximum atomic E-state index is 13.8. The molecule has 2 aromatic rings. The number of unbranched alkanes of at least 4 members (excludes halogenated alkanes) is 1. The van der Waals surface area contributed by atoms with Gasteiger partial charge in [-0.15, -0.1) is 0 Å². The van der Waals surface area contributed by atoms with E-state index in [1.807, 2.05) is 74.5 Å². The average molecular weight is 694 g/mol. The third-order valence-electron chi connectivity index (χ3n) is 8.95. The minimum atomic E-state index is -1.40. The SMILES string of the molecule is CC(C)C[C@@H](NC(=O)[C@@H](Cc1ccccc1)NC(=O)CNCCc1ccccc1)C(=O)NC(CCCCN)C(=O)N1CCC(N)(C(=O)O)CC1. The Morgan fingerprint density at radius 1 is 0.820 bits per heavy atom. The van der Waals surface area contributed by atoms with Crippen LogP contribution in [-0.4, -0.2) is 96.0 Å². The first-order valence-electron chi connectivity index (χ1n) is 17.6. The molecule has 274 valence electrons. The quantitative estimate of drug-likeness (QED) is 0.0990. The Labute approximate surface area is 295 Å². The normalized spacial score (nSPS) is 15.8. The van der Waals surface area contributed by atoms with Crippen molar-refractivity contribution in [3.8, 4) is 0 Å². The van der Waals surface area contributed by atoms with Crippen LogP contribution in [0.5, 0.6) is 0 Å². The zero-order chi connectivity index (χ0) is 36.5. The van der Waals surface area contributed by atoms with E-state index in [9.17, 15) is 29.1 Å². The summed E-state index contributed by atoms with van der Waals surface area (Å²) in [6.45, 7) is 5.18. The van der Waals surface area contributed by atoms with Gasteiger partial charge in [0.15, 0.2) is 0 Å². The number of likely N-dealkylation sites (tertiary alicyclic amines) is 1. The number of nitrogens with zero attached hydrogens (tertiary/aromatic N) is 1. The van der Waals surface area contributed by atoms with Crippen LogP contribution in [0.15, 0.2) is 60.7 Å². The molecule has 9 N–H and O–H groups in total. The van der Waals surface area contributed by atoms with Gasteiger partial charge in [0.1, 0.15) is 23.7 Å². The maximum absolute atomic E-state index is 13.8. The summed E-state index contributed by atoms with van der Waals surface area (Å²) >= 11 is 0. The number of carbonyl (C=O) groups is 5. The fourth-order valence-electron chi connectivity index (χ4n) is 5.94. The second-order valence-corrected chi connectivity index (χ2v) is 13.5. The van der Waals surface area contributed by atoms with Crippen LogP contribution in [0.2, 0.25) is 0 Å². The van der Waals surface area contributed by atoms with Crippen LogP contribution in [0.25, 0.3) is 0 Å². The van der Waals surface area contributed by atoms with Crippen molar-refractivity contribution in [1.29, 1.82) is 0 Å². The van der Waals surface area contributed by atoms with E-state index in [1.165, 1.54) is 4.90 Å². The molecule has 0 bridgehead atoms. The largest absolute Gasteiger partial charge is 0.480 e. The number of aliphatic carboxylic acids is 1. The van der Waals surface area contributed by atoms with Gasteiger partial charge in [-0.05, 0) is 75.1 Å². The van der Waals surface area contributed by atoms with E-state index in [0.717, 1.165) is 17.5 Å². The van der Waals surface area contributed by atoms with Gasteiger partial charge in [0, 0.05) is 19.5 Å². The van der Waals surface area contributed by atoms with E-state index in [0.29, 0.717) is 38.8 Å². The first-order valence-corrected chi connectivity index (χ1v) is 17.6. The molecule has 3 atom stereocenters. The van der Waals surface area contributed by atoms with Crippen LogP contribution in [0.1, 0.15) is 63.5 Å². The first kappa shape index (κ1) is 40.1.